The van der Waals surface area contributed by atoms with E-state index in [-0.39, 0.29) is 11.9 Å². The summed E-state index contributed by atoms with van der Waals surface area (Å²) in [5.41, 5.74) is 1.61. The number of rotatable bonds is 7. The summed E-state index contributed by atoms with van der Waals surface area (Å²) < 4.78 is 7.24. The van der Waals surface area contributed by atoms with Gasteiger partial charge in [0.1, 0.15) is 5.52 Å². The predicted molar refractivity (Wildman–Crippen MR) is 144 cm³/mol. The van der Waals surface area contributed by atoms with E-state index in [0.717, 1.165) is 36.3 Å². The number of nitrogens with one attached hydrogen (secondary N) is 2. The van der Waals surface area contributed by atoms with Crippen molar-refractivity contribution in [3.63, 3.8) is 0 Å². The van der Waals surface area contributed by atoms with Gasteiger partial charge in [-0.3, -0.25) is 0 Å². The quantitative estimate of drug-likeness (QED) is 0.459. The number of piperidine rings is 1. The van der Waals surface area contributed by atoms with Crippen LogP contribution in [-0.2, 0) is 6.54 Å². The molecule has 0 aromatic carbocycles. The third-order valence-electron chi connectivity index (χ3n) is 9.09. The Hall–Kier alpha value is -2.91. The maximum absolute atomic E-state index is 11.7. The van der Waals surface area contributed by atoms with Crippen molar-refractivity contribution >= 4 is 22.9 Å². The van der Waals surface area contributed by atoms with Gasteiger partial charge >= 0.3 is 5.76 Å². The Labute approximate surface area is 217 Å². The summed E-state index contributed by atoms with van der Waals surface area (Å²) >= 11 is 0. The minimum absolute atomic E-state index is 0.231. The van der Waals surface area contributed by atoms with Crippen LogP contribution in [0.2, 0.25) is 0 Å². The van der Waals surface area contributed by atoms with Gasteiger partial charge in [0.05, 0.1) is 0 Å². The Kier molecular flexibility index (Phi) is 6.67. The van der Waals surface area contributed by atoms with E-state index in [1.165, 1.54) is 64.2 Å². The van der Waals surface area contributed by atoms with Gasteiger partial charge in [0.25, 0.3) is 0 Å². The monoisotopic (exact) mass is 508 g/mol. The molecule has 3 aromatic heterocycles. The third-order valence-corrected chi connectivity index (χ3v) is 9.09. The van der Waals surface area contributed by atoms with E-state index < -0.39 is 5.76 Å². The number of hydrogen-bond donors (Lipinski definition) is 2. The van der Waals surface area contributed by atoms with Gasteiger partial charge in [-0.25, -0.2) is 14.8 Å². The van der Waals surface area contributed by atoms with E-state index in [1.807, 2.05) is 0 Å². The van der Waals surface area contributed by atoms with Crippen LogP contribution < -0.4 is 16.0 Å². The van der Waals surface area contributed by atoms with Gasteiger partial charge in [0.15, 0.2) is 11.5 Å². The molecule has 3 fully saturated rings. The number of nitrogens with zero attached hydrogens (tertiary/aromatic N) is 6. The fourth-order valence-electron chi connectivity index (χ4n) is 6.39. The fraction of sp³-hybridized carbons (Fsp3) is 0.741. The minimum atomic E-state index is -0.684. The molecule has 200 valence electrons. The van der Waals surface area contributed by atoms with Crippen LogP contribution in [0.3, 0.4) is 0 Å². The molecule has 0 unspecified atom stereocenters. The smallest absolute Gasteiger partial charge is 0.365 e. The first kappa shape index (κ1) is 24.4. The van der Waals surface area contributed by atoms with Crippen LogP contribution in [0.25, 0.3) is 22.8 Å². The van der Waals surface area contributed by atoms with Crippen molar-refractivity contribution in [2.45, 2.75) is 104 Å². The summed E-state index contributed by atoms with van der Waals surface area (Å²) in [6, 6.07) is 0.715. The van der Waals surface area contributed by atoms with Crippen molar-refractivity contribution in [2.24, 2.45) is 17.8 Å². The minimum Gasteiger partial charge on any atom is -0.365 e. The van der Waals surface area contributed by atoms with Gasteiger partial charge in [-0.1, -0.05) is 26.2 Å². The van der Waals surface area contributed by atoms with Crippen LogP contribution in [0.1, 0.15) is 85.0 Å². The molecule has 10 nitrogen and oxygen atoms in total. The van der Waals surface area contributed by atoms with Crippen molar-refractivity contribution in [3.05, 3.63) is 10.6 Å². The Morgan fingerprint density at radius 2 is 1.81 bits per heavy atom. The highest BCUT2D eigenvalue weighted by molar-refractivity contribution is 5.87. The highest BCUT2D eigenvalue weighted by Crippen LogP contribution is 2.37. The van der Waals surface area contributed by atoms with Crippen LogP contribution in [0.15, 0.2) is 9.32 Å². The number of H-pyrrole nitrogens is 1. The van der Waals surface area contributed by atoms with Crippen molar-refractivity contribution in [1.82, 2.24) is 29.7 Å². The molecule has 4 heterocycles. The first-order valence-corrected chi connectivity index (χ1v) is 14.3. The molecule has 2 saturated carbocycles. The maximum atomic E-state index is 11.7. The van der Waals surface area contributed by atoms with Crippen molar-refractivity contribution in [2.75, 3.05) is 16.8 Å². The zero-order valence-corrected chi connectivity index (χ0v) is 22.4. The number of aromatic amines is 1. The first-order valence-electron chi connectivity index (χ1n) is 14.3. The zero-order valence-electron chi connectivity index (χ0n) is 22.4. The third kappa shape index (κ3) is 4.86. The van der Waals surface area contributed by atoms with E-state index in [0.29, 0.717) is 29.3 Å². The molecule has 0 radical (unpaired) electrons. The number of anilines is 2. The molecular weight excluding hydrogens is 468 g/mol. The van der Waals surface area contributed by atoms with Gasteiger partial charge in [0, 0.05) is 25.2 Å². The molecule has 3 aromatic rings. The molecular formula is C27H40N8O2. The molecule has 2 N–H and O–H groups in total. The number of fused-ring (bicyclic) bond motifs is 1. The largest absolute Gasteiger partial charge is 0.460 e. The number of aromatic nitrogens is 6. The summed E-state index contributed by atoms with van der Waals surface area (Å²) in [5, 5.41) is 6.31. The molecule has 0 bridgehead atoms. The summed E-state index contributed by atoms with van der Waals surface area (Å²) in [7, 11) is 0. The van der Waals surface area contributed by atoms with Crippen LogP contribution in [-0.4, -0.2) is 48.3 Å². The highest BCUT2D eigenvalue weighted by atomic mass is 16.5. The van der Waals surface area contributed by atoms with Crippen LogP contribution in [0.5, 0.6) is 0 Å². The van der Waals surface area contributed by atoms with Crippen molar-refractivity contribution in [1.29, 1.82) is 0 Å². The lowest BCUT2D eigenvalue weighted by atomic mass is 9.80. The van der Waals surface area contributed by atoms with Crippen LogP contribution in [0, 0.1) is 17.8 Å². The highest BCUT2D eigenvalue weighted by Gasteiger charge is 2.31. The summed E-state index contributed by atoms with van der Waals surface area (Å²) in [5.74, 6) is 3.72. The van der Waals surface area contributed by atoms with Gasteiger partial charge in [-0.2, -0.15) is 10.1 Å². The van der Waals surface area contributed by atoms with Crippen molar-refractivity contribution < 1.29 is 4.52 Å². The summed E-state index contributed by atoms with van der Waals surface area (Å²) in [4.78, 5) is 32.9. The Morgan fingerprint density at radius 3 is 2.49 bits per heavy atom. The fourth-order valence-corrected chi connectivity index (χ4v) is 6.39. The van der Waals surface area contributed by atoms with Crippen LogP contribution >= 0.6 is 0 Å². The Balaban J connectivity index is 1.48. The molecule has 2 aliphatic carbocycles. The lowest BCUT2D eigenvalue weighted by molar-refractivity contribution is 0.266. The number of imidazole rings is 1. The second-order valence-corrected chi connectivity index (χ2v) is 11.8. The second kappa shape index (κ2) is 10.1. The topological polar surface area (TPSA) is 118 Å². The number of hydrogen-bond acceptors (Lipinski definition) is 8. The summed E-state index contributed by atoms with van der Waals surface area (Å²) in [6.45, 7) is 8.85. The molecule has 1 aliphatic heterocycles. The van der Waals surface area contributed by atoms with Gasteiger partial charge in [0.2, 0.25) is 17.6 Å². The normalized spacial score (nSPS) is 25.8. The predicted octanol–water partition coefficient (Wildman–Crippen LogP) is 4.98. The lowest BCUT2D eigenvalue weighted by Crippen LogP contribution is -2.39. The van der Waals surface area contributed by atoms with Gasteiger partial charge in [-0.05, 0) is 76.5 Å². The second-order valence-electron chi connectivity index (χ2n) is 11.8. The average Bonchev–Trinajstić information content (AvgIpc) is 3.43. The first-order chi connectivity index (χ1) is 18.0. The Morgan fingerprint density at radius 1 is 1.00 bits per heavy atom. The molecule has 10 heteroatoms. The Bertz CT molecular complexity index is 1280. The van der Waals surface area contributed by atoms with Crippen molar-refractivity contribution in [3.8, 4) is 11.6 Å². The van der Waals surface area contributed by atoms with Gasteiger partial charge in [-0.15, -0.1) is 4.98 Å². The van der Waals surface area contributed by atoms with E-state index >= 15 is 0 Å². The van der Waals surface area contributed by atoms with E-state index in [9.17, 15) is 4.79 Å². The lowest BCUT2D eigenvalue weighted by Gasteiger charge is -2.36. The standard InChI is InChI=1S/C27H40N8O2/c1-16-10-12-19(13-11-16)15-35-21-22(28-18(3)20-8-6-9-20)29-24(25-32-27(36)37-33-25)30-23(21)31-26(35)34-14-5-4-7-17(34)2/h16-20H,4-15H2,1-3H3,(H,28,29,30)(H,32,33,36)/t16-,17-,18+,19-/m0/s1. The summed E-state index contributed by atoms with van der Waals surface area (Å²) in [6.07, 6.45) is 12.4. The average molecular weight is 509 g/mol. The van der Waals surface area contributed by atoms with Crippen LogP contribution in [0.4, 0.5) is 11.8 Å². The van der Waals surface area contributed by atoms with E-state index in [1.54, 1.807) is 0 Å². The molecule has 1 saturated heterocycles. The van der Waals surface area contributed by atoms with E-state index in [4.69, 9.17) is 19.5 Å². The molecule has 2 atom stereocenters. The van der Waals surface area contributed by atoms with E-state index in [2.05, 4.69) is 45.7 Å². The van der Waals surface area contributed by atoms with Gasteiger partial charge < -0.3 is 19.3 Å². The zero-order chi connectivity index (χ0) is 25.5. The molecule has 37 heavy (non-hydrogen) atoms. The SMILES string of the molecule is C[C@@H](Nc1nc(-c2nc(=O)o[nH]2)nc2nc(N3CCCC[C@@H]3C)n(C[C@H]3CC[C@H](C)CC3)c12)C1CCC1. The maximum Gasteiger partial charge on any atom is 0.460 e. The molecule has 6 rings (SSSR count). The molecule has 0 spiro atoms. The molecule has 3 aliphatic rings. The molecule has 0 amide bonds.